The van der Waals surface area contributed by atoms with E-state index in [1.807, 2.05) is 18.2 Å². The molecule has 2 N–H and O–H groups in total. The van der Waals surface area contributed by atoms with Crippen LogP contribution in [0.15, 0.2) is 48.5 Å². The van der Waals surface area contributed by atoms with Gasteiger partial charge in [0.1, 0.15) is 0 Å². The number of hydrogen-bond acceptors (Lipinski definition) is 1. The summed E-state index contributed by atoms with van der Waals surface area (Å²) in [6.45, 7) is 2.23. The van der Waals surface area contributed by atoms with E-state index < -0.39 is 7.55 Å². The average molecular weight is 271 g/mol. The van der Waals surface area contributed by atoms with Crippen LogP contribution < -0.4 is 11.0 Å². The van der Waals surface area contributed by atoms with Gasteiger partial charge in [-0.3, -0.25) is 0 Å². The standard InChI is InChI=1S/C17H22NP/c1-3-4-13-19(2)17-12-8-6-10-15(17)14-9-5-7-11-16(14)18/h5-12,19H,2-4,13,18H2,1H3. The van der Waals surface area contributed by atoms with Crippen molar-refractivity contribution in [3.8, 4) is 11.1 Å². The third-order valence-electron chi connectivity index (χ3n) is 3.39. The summed E-state index contributed by atoms with van der Waals surface area (Å²) in [7, 11) is -0.729. The highest BCUT2D eigenvalue weighted by molar-refractivity contribution is 7.64. The number of anilines is 1. The molecule has 0 heterocycles. The fraction of sp³-hybridized carbons (Fsp3) is 0.235. The predicted octanol–water partition coefficient (Wildman–Crippen LogP) is 4.01. The number of nitrogen functional groups attached to an aromatic ring is 1. The second-order valence-electron chi connectivity index (χ2n) is 4.84. The highest BCUT2D eigenvalue weighted by Gasteiger charge is 2.08. The van der Waals surface area contributed by atoms with Crippen LogP contribution in [0.3, 0.4) is 0 Å². The molecule has 0 aliphatic carbocycles. The van der Waals surface area contributed by atoms with Gasteiger partial charge in [-0.05, 0) is 29.5 Å². The topological polar surface area (TPSA) is 26.0 Å². The van der Waals surface area contributed by atoms with Crippen molar-refractivity contribution < 1.29 is 0 Å². The lowest BCUT2D eigenvalue weighted by Crippen LogP contribution is -2.04. The Hall–Kier alpha value is -1.46. The summed E-state index contributed by atoms with van der Waals surface area (Å²) in [4.78, 5) is 0. The Kier molecular flexibility index (Phi) is 4.87. The van der Waals surface area contributed by atoms with Gasteiger partial charge in [-0.1, -0.05) is 69.7 Å². The van der Waals surface area contributed by atoms with E-state index >= 15 is 0 Å². The number of benzene rings is 2. The zero-order valence-electron chi connectivity index (χ0n) is 11.5. The fourth-order valence-corrected chi connectivity index (χ4v) is 4.27. The van der Waals surface area contributed by atoms with Crippen molar-refractivity contribution in [2.75, 3.05) is 11.9 Å². The summed E-state index contributed by atoms with van der Waals surface area (Å²) in [6, 6.07) is 16.7. The molecule has 1 unspecified atom stereocenters. The highest BCUT2D eigenvalue weighted by atomic mass is 31.1. The van der Waals surface area contributed by atoms with Gasteiger partial charge >= 0.3 is 0 Å². The Bertz CT molecular complexity index is 575. The lowest BCUT2D eigenvalue weighted by Gasteiger charge is -2.14. The van der Waals surface area contributed by atoms with Gasteiger partial charge in [0.15, 0.2) is 0 Å². The number of para-hydroxylation sites is 1. The first kappa shape index (κ1) is 14.0. The van der Waals surface area contributed by atoms with E-state index in [4.69, 9.17) is 5.73 Å². The van der Waals surface area contributed by atoms with Gasteiger partial charge in [0.05, 0.1) is 0 Å². The SMILES string of the molecule is C=[PH](CCCC)c1ccccc1-c1ccccc1N. The number of nitrogens with two attached hydrogens (primary N) is 1. The minimum atomic E-state index is -0.729. The Morgan fingerprint density at radius 2 is 1.63 bits per heavy atom. The molecule has 2 rings (SSSR count). The van der Waals surface area contributed by atoms with Crippen molar-refractivity contribution in [1.29, 1.82) is 0 Å². The summed E-state index contributed by atoms with van der Waals surface area (Å²) in [5.41, 5.74) is 9.36. The predicted molar refractivity (Wildman–Crippen MR) is 91.1 cm³/mol. The van der Waals surface area contributed by atoms with Crippen LogP contribution in [0.1, 0.15) is 19.8 Å². The molecule has 0 saturated carbocycles. The Balaban J connectivity index is 2.42. The molecule has 0 fully saturated rings. The first-order valence-electron chi connectivity index (χ1n) is 6.86. The van der Waals surface area contributed by atoms with Crippen molar-refractivity contribution in [2.24, 2.45) is 0 Å². The first-order valence-corrected chi connectivity index (χ1v) is 8.77. The molecule has 19 heavy (non-hydrogen) atoms. The maximum absolute atomic E-state index is 6.11. The van der Waals surface area contributed by atoms with Gasteiger partial charge in [0.2, 0.25) is 0 Å². The number of hydrogen-bond donors (Lipinski definition) is 1. The second-order valence-corrected chi connectivity index (χ2v) is 7.09. The molecule has 100 valence electrons. The minimum absolute atomic E-state index is 0.729. The smallest absolute Gasteiger partial charge is 0.0393 e. The van der Waals surface area contributed by atoms with Crippen LogP contribution in [-0.2, 0) is 0 Å². The number of unbranched alkanes of at least 4 members (excludes halogenated alkanes) is 1. The lowest BCUT2D eigenvalue weighted by molar-refractivity contribution is 0.895. The monoisotopic (exact) mass is 271 g/mol. The largest absolute Gasteiger partial charge is 0.398 e. The Labute approximate surface area is 116 Å². The van der Waals surface area contributed by atoms with Gasteiger partial charge in [0.25, 0.3) is 0 Å². The highest BCUT2D eigenvalue weighted by Crippen LogP contribution is 2.31. The maximum Gasteiger partial charge on any atom is 0.0393 e. The van der Waals surface area contributed by atoms with E-state index in [1.54, 1.807) is 0 Å². The van der Waals surface area contributed by atoms with Crippen LogP contribution >= 0.6 is 7.55 Å². The van der Waals surface area contributed by atoms with E-state index in [2.05, 4.69) is 43.6 Å². The van der Waals surface area contributed by atoms with Crippen LogP contribution in [0.25, 0.3) is 11.1 Å². The summed E-state index contributed by atoms with van der Waals surface area (Å²) in [5, 5.41) is 1.40. The second kappa shape index (κ2) is 6.63. The van der Waals surface area contributed by atoms with Gasteiger partial charge in [0, 0.05) is 11.3 Å². The molecule has 2 heteroatoms. The normalized spacial score (nSPS) is 12.3. The molecule has 0 spiro atoms. The van der Waals surface area contributed by atoms with E-state index in [0.29, 0.717) is 0 Å². The van der Waals surface area contributed by atoms with Crippen LogP contribution in [0.4, 0.5) is 5.69 Å². The van der Waals surface area contributed by atoms with Crippen molar-refractivity contribution in [2.45, 2.75) is 19.8 Å². The number of rotatable bonds is 5. The summed E-state index contributed by atoms with van der Waals surface area (Å²) >= 11 is 0. The molecule has 2 aromatic rings. The molecular weight excluding hydrogens is 249 g/mol. The summed E-state index contributed by atoms with van der Waals surface area (Å²) < 4.78 is 0. The van der Waals surface area contributed by atoms with E-state index in [0.717, 1.165) is 11.3 Å². The van der Waals surface area contributed by atoms with Crippen molar-refractivity contribution in [1.82, 2.24) is 0 Å². The maximum atomic E-state index is 6.11. The molecule has 0 amide bonds. The molecule has 0 saturated heterocycles. The molecule has 0 aliphatic rings. The molecule has 0 radical (unpaired) electrons. The molecule has 0 bridgehead atoms. The van der Waals surface area contributed by atoms with Crippen molar-refractivity contribution >= 4 is 24.8 Å². The fourth-order valence-electron chi connectivity index (χ4n) is 2.29. The van der Waals surface area contributed by atoms with Crippen molar-refractivity contribution in [3.63, 3.8) is 0 Å². The molecule has 1 nitrogen and oxygen atoms in total. The Morgan fingerprint density at radius 3 is 2.32 bits per heavy atom. The van der Waals surface area contributed by atoms with Gasteiger partial charge in [-0.25, -0.2) is 0 Å². The molecule has 1 atom stereocenters. The van der Waals surface area contributed by atoms with Crippen LogP contribution in [0, 0.1) is 0 Å². The zero-order valence-corrected chi connectivity index (χ0v) is 12.5. The molecule has 0 aliphatic heterocycles. The third kappa shape index (κ3) is 3.30. The van der Waals surface area contributed by atoms with E-state index in [1.165, 1.54) is 29.9 Å². The average Bonchev–Trinajstić information content (AvgIpc) is 2.45. The lowest BCUT2D eigenvalue weighted by atomic mass is 10.0. The van der Waals surface area contributed by atoms with Gasteiger partial charge in [-0.15, -0.1) is 0 Å². The van der Waals surface area contributed by atoms with Gasteiger partial charge in [-0.2, -0.15) is 0 Å². The summed E-state index contributed by atoms with van der Waals surface area (Å²) in [5.74, 6) is 0. The quantitative estimate of drug-likeness (QED) is 0.645. The van der Waals surface area contributed by atoms with E-state index in [9.17, 15) is 0 Å². The summed E-state index contributed by atoms with van der Waals surface area (Å²) in [6.07, 6.45) is 8.15. The Morgan fingerprint density at radius 1 is 1.00 bits per heavy atom. The molecule has 0 aromatic heterocycles. The minimum Gasteiger partial charge on any atom is -0.398 e. The van der Waals surface area contributed by atoms with E-state index in [-0.39, 0.29) is 0 Å². The third-order valence-corrected chi connectivity index (χ3v) is 5.55. The van der Waals surface area contributed by atoms with Crippen molar-refractivity contribution in [3.05, 3.63) is 48.5 Å². The zero-order chi connectivity index (χ0) is 13.7. The molecular formula is C17H22NP. The van der Waals surface area contributed by atoms with Crippen LogP contribution in [0.2, 0.25) is 0 Å². The molecule has 2 aromatic carbocycles. The first-order chi connectivity index (χ1) is 9.24. The van der Waals surface area contributed by atoms with Crippen LogP contribution in [0.5, 0.6) is 0 Å². The van der Waals surface area contributed by atoms with Crippen LogP contribution in [-0.4, -0.2) is 12.5 Å². The van der Waals surface area contributed by atoms with Gasteiger partial charge < -0.3 is 5.73 Å².